The third-order valence-electron chi connectivity index (χ3n) is 4.85. The lowest BCUT2D eigenvalue weighted by atomic mass is 10.1. The van der Waals surface area contributed by atoms with Gasteiger partial charge >= 0.3 is 0 Å². The number of benzene rings is 1. The van der Waals surface area contributed by atoms with Crippen molar-refractivity contribution in [2.45, 2.75) is 13.5 Å². The third-order valence-corrected chi connectivity index (χ3v) is 5.07. The Balaban J connectivity index is 1.71. The maximum Gasteiger partial charge on any atom is 0.258 e. The van der Waals surface area contributed by atoms with E-state index in [2.05, 4.69) is 10.3 Å². The fourth-order valence-corrected chi connectivity index (χ4v) is 3.62. The smallest absolute Gasteiger partial charge is 0.258 e. The highest BCUT2D eigenvalue weighted by molar-refractivity contribution is 6.30. The Morgan fingerprint density at radius 2 is 2.10 bits per heavy atom. The van der Waals surface area contributed by atoms with Gasteiger partial charge in [0.1, 0.15) is 22.9 Å². The molecule has 0 spiro atoms. The van der Waals surface area contributed by atoms with E-state index >= 15 is 0 Å². The van der Waals surface area contributed by atoms with Crippen molar-refractivity contribution in [2.75, 3.05) is 5.32 Å². The van der Waals surface area contributed by atoms with E-state index in [9.17, 15) is 4.79 Å². The Hall–Kier alpha value is -3.51. The molecule has 144 valence electrons. The van der Waals surface area contributed by atoms with E-state index in [4.69, 9.17) is 21.0 Å². The number of rotatable bonds is 4. The minimum Gasteiger partial charge on any atom is -0.467 e. The van der Waals surface area contributed by atoms with Crippen molar-refractivity contribution in [3.05, 3.63) is 87.7 Å². The molecule has 5 rings (SSSR count). The molecule has 29 heavy (non-hydrogen) atoms. The standard InChI is InChI=1S/C22H17ClN4O2/c1-13-4-6-18-14(9-13)10-17(22(28)25-18)20-21(24-11-16-3-2-8-29-16)27-12-15(23)5-7-19(27)26-20/h2-10,12,24H,11H2,1H3,(H,25,28). The van der Waals surface area contributed by atoms with E-state index in [1.165, 1.54) is 0 Å². The maximum absolute atomic E-state index is 12.9. The van der Waals surface area contributed by atoms with Gasteiger partial charge in [-0.25, -0.2) is 4.98 Å². The number of fused-ring (bicyclic) bond motifs is 2. The van der Waals surface area contributed by atoms with Gasteiger partial charge in [-0.1, -0.05) is 23.2 Å². The van der Waals surface area contributed by atoms with Crippen molar-refractivity contribution in [1.29, 1.82) is 0 Å². The molecule has 0 aliphatic carbocycles. The minimum absolute atomic E-state index is 0.197. The number of nitrogens with one attached hydrogen (secondary N) is 2. The molecule has 4 aromatic heterocycles. The SMILES string of the molecule is Cc1ccc2[nH]c(=O)c(-c3nc4ccc(Cl)cn4c3NCc3ccco3)cc2c1. The summed E-state index contributed by atoms with van der Waals surface area (Å²) in [5, 5.41) is 4.87. The van der Waals surface area contributed by atoms with E-state index in [1.807, 2.05) is 53.8 Å². The van der Waals surface area contributed by atoms with Crippen molar-refractivity contribution in [3.63, 3.8) is 0 Å². The number of hydrogen-bond donors (Lipinski definition) is 2. The van der Waals surface area contributed by atoms with E-state index in [0.29, 0.717) is 34.3 Å². The normalized spacial score (nSPS) is 11.4. The summed E-state index contributed by atoms with van der Waals surface area (Å²) in [6, 6.07) is 15.1. The number of pyridine rings is 2. The lowest BCUT2D eigenvalue weighted by Crippen LogP contribution is -2.11. The van der Waals surface area contributed by atoms with Crippen LogP contribution in [-0.2, 0) is 6.54 Å². The number of furan rings is 1. The first-order valence-electron chi connectivity index (χ1n) is 9.16. The fourth-order valence-electron chi connectivity index (χ4n) is 3.46. The van der Waals surface area contributed by atoms with Crippen molar-refractivity contribution >= 4 is 34.0 Å². The highest BCUT2D eigenvalue weighted by atomic mass is 35.5. The van der Waals surface area contributed by atoms with Crippen LogP contribution in [0.3, 0.4) is 0 Å². The highest BCUT2D eigenvalue weighted by Crippen LogP contribution is 2.30. The molecule has 5 aromatic rings. The summed E-state index contributed by atoms with van der Waals surface area (Å²) in [6.07, 6.45) is 3.40. The van der Waals surface area contributed by atoms with E-state index < -0.39 is 0 Å². The van der Waals surface area contributed by atoms with Crippen LogP contribution < -0.4 is 10.9 Å². The van der Waals surface area contributed by atoms with Crippen LogP contribution in [0.1, 0.15) is 11.3 Å². The Morgan fingerprint density at radius 3 is 2.93 bits per heavy atom. The van der Waals surface area contributed by atoms with E-state index in [-0.39, 0.29) is 5.56 Å². The topological polar surface area (TPSA) is 75.3 Å². The van der Waals surface area contributed by atoms with Crippen molar-refractivity contribution in [2.24, 2.45) is 0 Å². The molecule has 0 aliphatic rings. The monoisotopic (exact) mass is 404 g/mol. The van der Waals surface area contributed by atoms with Gasteiger partial charge in [0.2, 0.25) is 0 Å². The molecule has 6 nitrogen and oxygen atoms in total. The third kappa shape index (κ3) is 3.17. The first kappa shape index (κ1) is 17.6. The first-order valence-corrected chi connectivity index (χ1v) is 9.54. The predicted molar refractivity (Wildman–Crippen MR) is 115 cm³/mol. The number of aromatic nitrogens is 3. The lowest BCUT2D eigenvalue weighted by molar-refractivity contribution is 0.518. The molecule has 0 atom stereocenters. The molecule has 0 bridgehead atoms. The summed E-state index contributed by atoms with van der Waals surface area (Å²) in [5.74, 6) is 1.45. The van der Waals surface area contributed by atoms with E-state index in [0.717, 1.165) is 22.2 Å². The number of aryl methyl sites for hydroxylation is 1. The van der Waals surface area contributed by atoms with Gasteiger partial charge in [0.25, 0.3) is 5.56 Å². The summed E-state index contributed by atoms with van der Waals surface area (Å²) < 4.78 is 7.27. The Bertz CT molecular complexity index is 1400. The van der Waals surface area contributed by atoms with Gasteiger partial charge in [0.15, 0.2) is 0 Å². The van der Waals surface area contributed by atoms with Gasteiger partial charge < -0.3 is 14.7 Å². The molecule has 1 aromatic carbocycles. The molecule has 0 saturated carbocycles. The molecule has 0 saturated heterocycles. The average Bonchev–Trinajstić information content (AvgIpc) is 3.33. The van der Waals surface area contributed by atoms with Crippen LogP contribution in [0.5, 0.6) is 0 Å². The second-order valence-corrected chi connectivity index (χ2v) is 7.36. The van der Waals surface area contributed by atoms with Crippen LogP contribution in [0.2, 0.25) is 5.02 Å². The van der Waals surface area contributed by atoms with Crippen molar-refractivity contribution in [3.8, 4) is 11.3 Å². The predicted octanol–water partition coefficient (Wildman–Crippen LogP) is 5.01. The number of nitrogens with zero attached hydrogens (tertiary/aromatic N) is 2. The van der Waals surface area contributed by atoms with Crippen LogP contribution in [-0.4, -0.2) is 14.4 Å². The van der Waals surface area contributed by atoms with Gasteiger partial charge in [0.05, 0.1) is 23.4 Å². The molecular weight excluding hydrogens is 388 g/mol. The maximum atomic E-state index is 12.9. The highest BCUT2D eigenvalue weighted by Gasteiger charge is 2.18. The number of H-pyrrole nitrogens is 1. The van der Waals surface area contributed by atoms with Crippen molar-refractivity contribution < 1.29 is 4.42 Å². The van der Waals surface area contributed by atoms with Crippen LogP contribution in [0, 0.1) is 6.92 Å². The zero-order valence-corrected chi connectivity index (χ0v) is 16.3. The Labute approximate surface area is 170 Å². The minimum atomic E-state index is -0.197. The van der Waals surface area contributed by atoms with Gasteiger partial charge in [-0.05, 0) is 54.8 Å². The summed E-state index contributed by atoms with van der Waals surface area (Å²) in [7, 11) is 0. The van der Waals surface area contributed by atoms with Crippen LogP contribution in [0.25, 0.3) is 27.8 Å². The zero-order valence-electron chi connectivity index (χ0n) is 15.6. The van der Waals surface area contributed by atoms with Crippen LogP contribution in [0.4, 0.5) is 5.82 Å². The average molecular weight is 405 g/mol. The molecule has 4 heterocycles. The zero-order chi connectivity index (χ0) is 20.0. The lowest BCUT2D eigenvalue weighted by Gasteiger charge is -2.08. The fraction of sp³-hybridized carbons (Fsp3) is 0.0909. The van der Waals surface area contributed by atoms with E-state index in [1.54, 1.807) is 18.5 Å². The summed E-state index contributed by atoms with van der Waals surface area (Å²) in [4.78, 5) is 20.5. The molecule has 0 unspecified atom stereocenters. The number of halogens is 1. The second kappa shape index (κ2) is 6.83. The summed E-state index contributed by atoms with van der Waals surface area (Å²) >= 11 is 6.21. The summed E-state index contributed by atoms with van der Waals surface area (Å²) in [5.41, 5.74) is 3.45. The molecular formula is C22H17ClN4O2. The van der Waals surface area contributed by atoms with Crippen molar-refractivity contribution in [1.82, 2.24) is 14.4 Å². The number of hydrogen-bond acceptors (Lipinski definition) is 4. The van der Waals surface area contributed by atoms with Gasteiger partial charge in [0, 0.05) is 11.7 Å². The molecule has 0 aliphatic heterocycles. The first-order chi connectivity index (χ1) is 14.1. The molecule has 0 radical (unpaired) electrons. The summed E-state index contributed by atoms with van der Waals surface area (Å²) in [6.45, 7) is 2.47. The second-order valence-electron chi connectivity index (χ2n) is 6.92. The van der Waals surface area contributed by atoms with Gasteiger partial charge in [-0.3, -0.25) is 9.20 Å². The number of aromatic amines is 1. The van der Waals surface area contributed by atoms with Crippen LogP contribution in [0.15, 0.2) is 70.2 Å². The molecule has 0 amide bonds. The number of imidazole rings is 1. The quantitative estimate of drug-likeness (QED) is 0.441. The molecule has 7 heteroatoms. The number of anilines is 1. The van der Waals surface area contributed by atoms with Gasteiger partial charge in [-0.15, -0.1) is 0 Å². The van der Waals surface area contributed by atoms with Gasteiger partial charge in [-0.2, -0.15) is 0 Å². The molecule has 2 N–H and O–H groups in total. The molecule has 0 fully saturated rings. The Morgan fingerprint density at radius 1 is 1.21 bits per heavy atom. The largest absolute Gasteiger partial charge is 0.467 e. The van der Waals surface area contributed by atoms with Crippen LogP contribution >= 0.6 is 11.6 Å². The Kier molecular flexibility index (Phi) is 4.14.